The molecule has 4 bridgehead atoms. The lowest BCUT2D eigenvalue weighted by Crippen LogP contribution is -2.50. The van der Waals surface area contributed by atoms with E-state index in [0.29, 0.717) is 29.6 Å². The molecule has 1 atom stereocenters. The minimum atomic E-state index is -0.00300. The molecule has 1 aromatic heterocycles. The third kappa shape index (κ3) is 3.58. The van der Waals surface area contributed by atoms with Gasteiger partial charge in [0.25, 0.3) is 0 Å². The third-order valence-corrected chi connectivity index (χ3v) is 7.53. The molecule has 1 aromatic rings. The highest BCUT2D eigenvalue weighted by molar-refractivity contribution is 5.77. The van der Waals surface area contributed by atoms with Crippen LogP contribution >= 0.6 is 0 Å². The second kappa shape index (κ2) is 7.20. The van der Waals surface area contributed by atoms with Crippen LogP contribution in [0.3, 0.4) is 0 Å². The quantitative estimate of drug-likeness (QED) is 0.777. The van der Waals surface area contributed by atoms with Crippen molar-refractivity contribution in [3.05, 3.63) is 12.1 Å². The number of carbonyl (C=O) groups excluding carboxylic acids is 1. The van der Waals surface area contributed by atoms with Crippen molar-refractivity contribution in [1.29, 1.82) is 0 Å². The molecular weight excluding hydrogens is 354 g/mol. The third-order valence-electron chi connectivity index (χ3n) is 7.53. The zero-order valence-electron chi connectivity index (χ0n) is 16.8. The molecule has 5 aliphatic rings. The van der Waals surface area contributed by atoms with E-state index in [2.05, 4.69) is 10.2 Å². The van der Waals surface area contributed by atoms with E-state index in [0.717, 1.165) is 43.6 Å². The molecule has 1 amide bonds. The first kappa shape index (κ1) is 18.2. The van der Waals surface area contributed by atoms with Crippen LogP contribution in [0.4, 0.5) is 0 Å². The first-order valence-corrected chi connectivity index (χ1v) is 10.9. The second-order valence-corrected chi connectivity index (χ2v) is 9.73. The molecule has 1 saturated heterocycles. The number of rotatable bonds is 5. The number of carbonyl (C=O) groups is 1. The zero-order chi connectivity index (χ0) is 19.1. The van der Waals surface area contributed by atoms with Crippen LogP contribution < -0.4 is 9.47 Å². The van der Waals surface area contributed by atoms with Gasteiger partial charge >= 0.3 is 0 Å². The van der Waals surface area contributed by atoms with E-state index in [1.165, 1.54) is 38.5 Å². The Labute approximate surface area is 167 Å². The summed E-state index contributed by atoms with van der Waals surface area (Å²) in [6.07, 6.45) is 10.8. The molecule has 6 nitrogen and oxygen atoms in total. The Morgan fingerprint density at radius 2 is 1.75 bits per heavy atom. The van der Waals surface area contributed by atoms with Crippen molar-refractivity contribution < 1.29 is 14.3 Å². The van der Waals surface area contributed by atoms with Crippen LogP contribution in [0.25, 0.3) is 0 Å². The summed E-state index contributed by atoms with van der Waals surface area (Å²) in [4.78, 5) is 15.2. The number of ether oxygens (including phenoxy) is 2. The molecule has 6 rings (SSSR count). The van der Waals surface area contributed by atoms with Crippen molar-refractivity contribution in [2.75, 3.05) is 20.2 Å². The Morgan fingerprint density at radius 3 is 2.36 bits per heavy atom. The normalized spacial score (nSPS) is 36.4. The first-order chi connectivity index (χ1) is 13.6. The lowest BCUT2D eigenvalue weighted by Gasteiger charge is -2.57. The molecule has 28 heavy (non-hydrogen) atoms. The minimum absolute atomic E-state index is 0.00300. The predicted octanol–water partition coefficient (Wildman–Crippen LogP) is 3.46. The first-order valence-electron chi connectivity index (χ1n) is 10.9. The number of likely N-dealkylation sites (tertiary alicyclic amines) is 1. The Hall–Kier alpha value is -1.85. The summed E-state index contributed by atoms with van der Waals surface area (Å²) in [7, 11) is 1.57. The molecule has 2 heterocycles. The standard InChI is InChI=1S/C22H31N3O3/c1-27-19-4-5-20(24-23-19)28-18-3-2-6-25(14-18)21(26)13-22-10-15-7-16(11-22)9-17(8-15)12-22/h4-5,15-18H,2-3,6-14H2,1H3. The summed E-state index contributed by atoms with van der Waals surface area (Å²) in [5, 5.41) is 8.02. The molecule has 4 aliphatic carbocycles. The molecule has 0 N–H and O–H groups in total. The van der Waals surface area contributed by atoms with Gasteiger partial charge in [0.15, 0.2) is 0 Å². The zero-order valence-corrected chi connectivity index (χ0v) is 16.8. The number of aromatic nitrogens is 2. The molecule has 152 valence electrons. The number of piperidine rings is 1. The van der Waals surface area contributed by atoms with Gasteiger partial charge in [-0.25, -0.2) is 0 Å². The molecule has 4 saturated carbocycles. The van der Waals surface area contributed by atoms with Crippen LogP contribution in [0, 0.1) is 23.2 Å². The Kier molecular flexibility index (Phi) is 4.68. The molecule has 0 radical (unpaired) electrons. The van der Waals surface area contributed by atoms with Crippen molar-refractivity contribution in [2.24, 2.45) is 23.2 Å². The molecule has 1 aliphatic heterocycles. The van der Waals surface area contributed by atoms with E-state index in [1.807, 2.05) is 4.90 Å². The van der Waals surface area contributed by atoms with E-state index < -0.39 is 0 Å². The SMILES string of the molecule is COc1ccc(OC2CCCN(C(=O)CC34CC5CC(CC(C5)C3)C4)C2)nn1. The Bertz CT molecular complexity index is 685. The maximum atomic E-state index is 13.2. The van der Waals surface area contributed by atoms with Gasteiger partial charge in [0.2, 0.25) is 17.7 Å². The van der Waals surface area contributed by atoms with Crippen LogP contribution in [0.2, 0.25) is 0 Å². The number of hydrogen-bond donors (Lipinski definition) is 0. The maximum Gasteiger partial charge on any atom is 0.233 e. The van der Waals surface area contributed by atoms with Crippen molar-refractivity contribution in [3.8, 4) is 11.8 Å². The van der Waals surface area contributed by atoms with Gasteiger partial charge < -0.3 is 14.4 Å². The average molecular weight is 386 g/mol. The van der Waals surface area contributed by atoms with Gasteiger partial charge in [-0.1, -0.05) is 0 Å². The van der Waals surface area contributed by atoms with Gasteiger partial charge in [-0.05, 0) is 74.5 Å². The highest BCUT2D eigenvalue weighted by atomic mass is 16.5. The van der Waals surface area contributed by atoms with E-state index >= 15 is 0 Å². The molecular formula is C22H31N3O3. The summed E-state index contributed by atoms with van der Waals surface area (Å²) >= 11 is 0. The van der Waals surface area contributed by atoms with Crippen molar-refractivity contribution in [1.82, 2.24) is 15.1 Å². The van der Waals surface area contributed by atoms with Gasteiger partial charge in [-0.15, -0.1) is 10.2 Å². The second-order valence-electron chi connectivity index (χ2n) is 9.73. The topological polar surface area (TPSA) is 64.6 Å². The monoisotopic (exact) mass is 385 g/mol. The molecule has 6 heteroatoms. The van der Waals surface area contributed by atoms with E-state index in [9.17, 15) is 4.79 Å². The largest absolute Gasteiger partial charge is 0.480 e. The molecule has 5 fully saturated rings. The van der Waals surface area contributed by atoms with Crippen molar-refractivity contribution in [3.63, 3.8) is 0 Å². The van der Waals surface area contributed by atoms with Crippen LogP contribution in [-0.4, -0.2) is 47.3 Å². The minimum Gasteiger partial charge on any atom is -0.480 e. The van der Waals surface area contributed by atoms with E-state index in [-0.39, 0.29) is 6.10 Å². The number of methoxy groups -OCH3 is 1. The number of amides is 1. The van der Waals surface area contributed by atoms with Gasteiger partial charge in [0, 0.05) is 25.1 Å². The summed E-state index contributed by atoms with van der Waals surface area (Å²) in [6.45, 7) is 1.53. The highest BCUT2D eigenvalue weighted by Gasteiger charge is 2.51. The number of nitrogens with zero attached hydrogens (tertiary/aromatic N) is 3. The molecule has 1 unspecified atom stereocenters. The average Bonchev–Trinajstić information content (AvgIpc) is 2.67. The summed E-state index contributed by atoms with van der Waals surface area (Å²) in [5.41, 5.74) is 0.307. The molecule has 0 spiro atoms. The fraction of sp³-hybridized carbons (Fsp3) is 0.773. The van der Waals surface area contributed by atoms with Gasteiger partial charge in [-0.2, -0.15) is 0 Å². The Balaban J connectivity index is 1.19. The Morgan fingerprint density at radius 1 is 1.11 bits per heavy atom. The lowest BCUT2D eigenvalue weighted by molar-refractivity contribution is -0.142. The highest BCUT2D eigenvalue weighted by Crippen LogP contribution is 2.61. The van der Waals surface area contributed by atoms with Crippen molar-refractivity contribution >= 4 is 5.91 Å². The van der Waals surface area contributed by atoms with Gasteiger partial charge in [0.1, 0.15) is 6.10 Å². The van der Waals surface area contributed by atoms with E-state index in [1.54, 1.807) is 19.2 Å². The van der Waals surface area contributed by atoms with Crippen LogP contribution in [0.1, 0.15) is 57.8 Å². The number of hydrogen-bond acceptors (Lipinski definition) is 5. The molecule has 0 aromatic carbocycles. The van der Waals surface area contributed by atoms with E-state index in [4.69, 9.17) is 9.47 Å². The van der Waals surface area contributed by atoms with Crippen LogP contribution in [-0.2, 0) is 4.79 Å². The van der Waals surface area contributed by atoms with Crippen molar-refractivity contribution in [2.45, 2.75) is 63.9 Å². The van der Waals surface area contributed by atoms with Crippen LogP contribution in [0.5, 0.6) is 11.8 Å². The predicted molar refractivity (Wildman–Crippen MR) is 104 cm³/mol. The fourth-order valence-electron chi connectivity index (χ4n) is 6.85. The fourth-order valence-corrected chi connectivity index (χ4v) is 6.85. The summed E-state index contributed by atoms with van der Waals surface area (Å²) in [5.74, 6) is 4.00. The van der Waals surface area contributed by atoms with Gasteiger partial charge in [-0.3, -0.25) is 4.79 Å². The summed E-state index contributed by atoms with van der Waals surface area (Å²) < 4.78 is 11.0. The van der Waals surface area contributed by atoms with Crippen LogP contribution in [0.15, 0.2) is 12.1 Å². The van der Waals surface area contributed by atoms with Gasteiger partial charge in [0.05, 0.1) is 13.7 Å². The summed E-state index contributed by atoms with van der Waals surface area (Å²) in [6, 6.07) is 3.53. The smallest absolute Gasteiger partial charge is 0.233 e. The lowest BCUT2D eigenvalue weighted by atomic mass is 9.49. The maximum absolute atomic E-state index is 13.2.